The van der Waals surface area contributed by atoms with Crippen LogP contribution in [0.1, 0.15) is 18.4 Å². The number of methoxy groups -OCH3 is 2. The lowest BCUT2D eigenvalue weighted by atomic mass is 10.1. The summed E-state index contributed by atoms with van der Waals surface area (Å²) in [7, 11) is 3.27. The molecule has 0 saturated carbocycles. The molecule has 0 aliphatic heterocycles. The maximum absolute atomic E-state index is 8.86. The second-order valence-corrected chi connectivity index (χ2v) is 5.81. The van der Waals surface area contributed by atoms with E-state index in [2.05, 4.69) is 6.58 Å². The van der Waals surface area contributed by atoms with E-state index in [0.717, 1.165) is 24.2 Å². The molecular formula is C21H32O6. The van der Waals surface area contributed by atoms with Crippen LogP contribution >= 0.6 is 0 Å². The fourth-order valence-electron chi connectivity index (χ4n) is 2.37. The van der Waals surface area contributed by atoms with Crippen LogP contribution in [0.5, 0.6) is 5.75 Å². The van der Waals surface area contributed by atoms with Crippen LogP contribution in [0.4, 0.5) is 0 Å². The van der Waals surface area contributed by atoms with E-state index in [-0.39, 0.29) is 25.6 Å². The molecule has 2 atom stereocenters. The van der Waals surface area contributed by atoms with Crippen molar-refractivity contribution in [1.29, 1.82) is 0 Å². The summed E-state index contributed by atoms with van der Waals surface area (Å²) in [5, 5.41) is 8.86. The van der Waals surface area contributed by atoms with E-state index in [1.54, 1.807) is 26.4 Å². The lowest BCUT2D eigenvalue weighted by Crippen LogP contribution is -2.31. The first-order valence-electron chi connectivity index (χ1n) is 9.06. The molecule has 1 rings (SSSR count). The van der Waals surface area contributed by atoms with Gasteiger partial charge in [-0.3, -0.25) is 0 Å². The van der Waals surface area contributed by atoms with Gasteiger partial charge < -0.3 is 28.8 Å². The monoisotopic (exact) mass is 380 g/mol. The van der Waals surface area contributed by atoms with E-state index in [0.29, 0.717) is 19.8 Å². The Morgan fingerprint density at radius 3 is 2.48 bits per heavy atom. The van der Waals surface area contributed by atoms with E-state index >= 15 is 0 Å². The van der Waals surface area contributed by atoms with Crippen LogP contribution in [-0.4, -0.2) is 58.1 Å². The summed E-state index contributed by atoms with van der Waals surface area (Å²) in [5.74, 6) is 0.809. The smallest absolute Gasteiger partial charge is 0.147 e. The Labute approximate surface area is 162 Å². The average molecular weight is 380 g/mol. The van der Waals surface area contributed by atoms with Crippen molar-refractivity contribution in [3.63, 3.8) is 0 Å². The highest BCUT2D eigenvalue weighted by Gasteiger charge is 2.20. The van der Waals surface area contributed by atoms with Crippen LogP contribution in [0.15, 0.2) is 49.1 Å². The Morgan fingerprint density at radius 2 is 1.85 bits per heavy atom. The van der Waals surface area contributed by atoms with Crippen molar-refractivity contribution in [2.45, 2.75) is 31.7 Å². The topological polar surface area (TPSA) is 66.4 Å². The van der Waals surface area contributed by atoms with Crippen molar-refractivity contribution < 1.29 is 28.8 Å². The van der Waals surface area contributed by atoms with Gasteiger partial charge in [0.15, 0.2) is 0 Å². The third-order valence-corrected chi connectivity index (χ3v) is 3.89. The molecule has 0 amide bonds. The first-order valence-corrected chi connectivity index (χ1v) is 9.06. The number of ether oxygens (including phenoxy) is 5. The molecule has 1 aromatic carbocycles. The van der Waals surface area contributed by atoms with Crippen LogP contribution in [0.2, 0.25) is 0 Å². The molecule has 0 unspecified atom stereocenters. The standard InChI is InChI=1S/C21H32O6/c1-4-20(26-16-18-9-11-19(24-3)12-10-18)21(8-6-5-7-13-22)27-17-25-15-14-23-2/h4-5,7,9-12,20-22H,1,6,8,13-17H2,2-3H3/b7-5+/t20-,21-/m0/s1. The van der Waals surface area contributed by atoms with Gasteiger partial charge in [0, 0.05) is 7.11 Å². The van der Waals surface area contributed by atoms with Gasteiger partial charge in [0.05, 0.1) is 39.6 Å². The lowest BCUT2D eigenvalue weighted by molar-refractivity contribution is -0.135. The summed E-state index contributed by atoms with van der Waals surface area (Å²) in [5.41, 5.74) is 1.04. The second kappa shape index (κ2) is 15.4. The molecule has 0 aliphatic rings. The predicted molar refractivity (Wildman–Crippen MR) is 105 cm³/mol. The Kier molecular flexibility index (Phi) is 13.3. The summed E-state index contributed by atoms with van der Waals surface area (Å²) in [6, 6.07) is 7.73. The molecule has 1 aromatic rings. The van der Waals surface area contributed by atoms with Gasteiger partial charge >= 0.3 is 0 Å². The van der Waals surface area contributed by atoms with Crippen LogP contribution in [0.25, 0.3) is 0 Å². The molecule has 0 radical (unpaired) electrons. The molecule has 0 spiro atoms. The Hall–Kier alpha value is -1.70. The van der Waals surface area contributed by atoms with Gasteiger partial charge in [-0.2, -0.15) is 0 Å². The normalized spacial score (nSPS) is 13.6. The molecule has 0 heterocycles. The Balaban J connectivity index is 2.57. The van der Waals surface area contributed by atoms with Gasteiger partial charge in [0.25, 0.3) is 0 Å². The van der Waals surface area contributed by atoms with Crippen molar-refractivity contribution in [2.75, 3.05) is 40.8 Å². The van der Waals surface area contributed by atoms with Crippen molar-refractivity contribution in [3.8, 4) is 5.75 Å². The lowest BCUT2D eigenvalue weighted by Gasteiger charge is -2.25. The van der Waals surface area contributed by atoms with Crippen LogP contribution in [0.3, 0.4) is 0 Å². The summed E-state index contributed by atoms with van der Waals surface area (Å²) >= 11 is 0. The molecule has 152 valence electrons. The van der Waals surface area contributed by atoms with Crippen molar-refractivity contribution in [1.82, 2.24) is 0 Å². The molecule has 0 aliphatic carbocycles. The highest BCUT2D eigenvalue weighted by molar-refractivity contribution is 5.26. The van der Waals surface area contributed by atoms with E-state index in [1.807, 2.05) is 30.3 Å². The number of hydrogen-bond acceptors (Lipinski definition) is 6. The van der Waals surface area contributed by atoms with E-state index in [4.69, 9.17) is 28.8 Å². The van der Waals surface area contributed by atoms with Crippen LogP contribution in [-0.2, 0) is 25.6 Å². The molecule has 6 heteroatoms. The first kappa shape index (κ1) is 23.3. The van der Waals surface area contributed by atoms with Gasteiger partial charge in [0.2, 0.25) is 0 Å². The Morgan fingerprint density at radius 1 is 1.07 bits per heavy atom. The molecule has 1 N–H and O–H groups in total. The molecule has 27 heavy (non-hydrogen) atoms. The fraction of sp³-hybridized carbons (Fsp3) is 0.524. The number of benzene rings is 1. The molecule has 0 saturated heterocycles. The zero-order valence-corrected chi connectivity index (χ0v) is 16.3. The van der Waals surface area contributed by atoms with Gasteiger partial charge in [-0.1, -0.05) is 30.4 Å². The third kappa shape index (κ3) is 10.3. The van der Waals surface area contributed by atoms with Gasteiger partial charge in [-0.25, -0.2) is 0 Å². The number of rotatable bonds is 16. The number of hydrogen-bond donors (Lipinski definition) is 1. The summed E-state index contributed by atoms with van der Waals surface area (Å²) in [4.78, 5) is 0. The SMILES string of the molecule is C=C[C@H](OCc1ccc(OC)cc1)[C@H](CC/C=C/CO)OCOCCOC. The van der Waals surface area contributed by atoms with Gasteiger partial charge in [0.1, 0.15) is 18.6 Å². The minimum atomic E-state index is -0.277. The fourth-order valence-corrected chi connectivity index (χ4v) is 2.37. The molecule has 0 bridgehead atoms. The molecule has 0 fully saturated rings. The minimum Gasteiger partial charge on any atom is -0.497 e. The first-order chi connectivity index (χ1) is 13.2. The number of aliphatic hydroxyl groups excluding tert-OH is 1. The van der Waals surface area contributed by atoms with E-state index < -0.39 is 0 Å². The second-order valence-electron chi connectivity index (χ2n) is 5.81. The zero-order chi connectivity index (χ0) is 19.7. The van der Waals surface area contributed by atoms with Crippen LogP contribution in [0, 0.1) is 0 Å². The number of allylic oxidation sites excluding steroid dienone is 1. The maximum Gasteiger partial charge on any atom is 0.147 e. The summed E-state index contributed by atoms with van der Waals surface area (Å²) in [6.07, 6.45) is 6.40. The van der Waals surface area contributed by atoms with Crippen molar-refractivity contribution in [3.05, 3.63) is 54.6 Å². The van der Waals surface area contributed by atoms with Crippen LogP contribution < -0.4 is 4.74 Å². The van der Waals surface area contributed by atoms with Crippen molar-refractivity contribution in [2.24, 2.45) is 0 Å². The van der Waals surface area contributed by atoms with E-state index in [1.165, 1.54) is 0 Å². The summed E-state index contributed by atoms with van der Waals surface area (Å²) < 4.78 is 27.4. The largest absolute Gasteiger partial charge is 0.497 e. The van der Waals surface area contributed by atoms with E-state index in [9.17, 15) is 0 Å². The van der Waals surface area contributed by atoms with Crippen molar-refractivity contribution >= 4 is 0 Å². The Bertz CT molecular complexity index is 514. The third-order valence-electron chi connectivity index (χ3n) is 3.89. The predicted octanol–water partition coefficient (Wildman–Crippen LogP) is 3.10. The highest BCUT2D eigenvalue weighted by Crippen LogP contribution is 2.17. The average Bonchev–Trinajstić information content (AvgIpc) is 2.71. The van der Waals surface area contributed by atoms with Gasteiger partial charge in [-0.05, 0) is 30.5 Å². The zero-order valence-electron chi connectivity index (χ0n) is 16.3. The maximum atomic E-state index is 8.86. The number of aliphatic hydroxyl groups is 1. The quantitative estimate of drug-likeness (QED) is 0.270. The minimum absolute atomic E-state index is 0.0323. The highest BCUT2D eigenvalue weighted by atomic mass is 16.7. The molecule has 6 nitrogen and oxygen atoms in total. The molecule has 0 aromatic heterocycles. The molecular weight excluding hydrogens is 348 g/mol. The summed E-state index contributed by atoms with van der Waals surface area (Å²) in [6.45, 7) is 5.51. The van der Waals surface area contributed by atoms with Gasteiger partial charge in [-0.15, -0.1) is 6.58 Å².